The minimum atomic E-state index is -0.121. The van der Waals surface area contributed by atoms with Gasteiger partial charge in [0.1, 0.15) is 0 Å². The molecule has 0 spiro atoms. The maximum Gasteiger partial charge on any atom is 0.266 e. The second-order valence-electron chi connectivity index (χ2n) is 6.42. The van der Waals surface area contributed by atoms with Crippen LogP contribution in [0.1, 0.15) is 11.1 Å². The highest BCUT2D eigenvalue weighted by atomic mass is 32.2. The second-order valence-corrected chi connectivity index (χ2v) is 7.36. The average molecular weight is 367 g/mol. The number of para-hydroxylation sites is 1. The van der Waals surface area contributed by atoms with Gasteiger partial charge in [0.15, 0.2) is 5.16 Å². The first-order valence-electron chi connectivity index (χ1n) is 8.31. The van der Waals surface area contributed by atoms with Gasteiger partial charge in [0.25, 0.3) is 5.56 Å². The molecular formula is C20H21N3O2S. The number of carbonyl (C=O) groups excluding carboxylic acids is 1. The van der Waals surface area contributed by atoms with Crippen LogP contribution in [-0.2, 0) is 4.79 Å². The molecule has 0 aliphatic carbocycles. The lowest BCUT2D eigenvalue weighted by Crippen LogP contribution is -2.26. The van der Waals surface area contributed by atoms with Gasteiger partial charge in [0, 0.05) is 14.1 Å². The molecule has 0 fully saturated rings. The third-order valence-electron chi connectivity index (χ3n) is 4.17. The van der Waals surface area contributed by atoms with Crippen LogP contribution >= 0.6 is 11.8 Å². The minimum absolute atomic E-state index is 0.0232. The minimum Gasteiger partial charge on any atom is -0.348 e. The van der Waals surface area contributed by atoms with E-state index in [9.17, 15) is 9.59 Å². The summed E-state index contributed by atoms with van der Waals surface area (Å²) < 4.78 is 1.62. The van der Waals surface area contributed by atoms with Crippen LogP contribution in [0.25, 0.3) is 16.6 Å². The van der Waals surface area contributed by atoms with Gasteiger partial charge in [-0.2, -0.15) is 0 Å². The van der Waals surface area contributed by atoms with Crippen LogP contribution in [0, 0.1) is 13.8 Å². The van der Waals surface area contributed by atoms with E-state index >= 15 is 0 Å². The van der Waals surface area contributed by atoms with Gasteiger partial charge in [0.2, 0.25) is 5.91 Å². The molecule has 0 aliphatic rings. The van der Waals surface area contributed by atoms with E-state index in [1.807, 2.05) is 50.2 Å². The Morgan fingerprint density at radius 3 is 2.62 bits per heavy atom. The zero-order chi connectivity index (χ0) is 18.8. The first kappa shape index (κ1) is 18.2. The van der Waals surface area contributed by atoms with E-state index in [1.54, 1.807) is 24.7 Å². The van der Waals surface area contributed by atoms with Crippen LogP contribution in [0.2, 0.25) is 0 Å². The zero-order valence-corrected chi connectivity index (χ0v) is 16.1. The third kappa shape index (κ3) is 3.51. The second kappa shape index (κ2) is 7.33. The number of hydrogen-bond donors (Lipinski definition) is 0. The Bertz CT molecular complexity index is 1040. The fraction of sp³-hybridized carbons (Fsp3) is 0.250. The van der Waals surface area contributed by atoms with E-state index in [4.69, 9.17) is 0 Å². The van der Waals surface area contributed by atoms with Crippen molar-refractivity contribution in [1.29, 1.82) is 0 Å². The number of amides is 1. The molecule has 0 N–H and O–H groups in total. The molecule has 0 aliphatic heterocycles. The molecule has 0 atom stereocenters. The number of benzene rings is 2. The molecule has 1 heterocycles. The van der Waals surface area contributed by atoms with E-state index < -0.39 is 0 Å². The van der Waals surface area contributed by atoms with Crippen LogP contribution in [0.3, 0.4) is 0 Å². The molecule has 2 aromatic carbocycles. The van der Waals surface area contributed by atoms with Crippen LogP contribution in [0.4, 0.5) is 0 Å². The third-order valence-corrected chi connectivity index (χ3v) is 5.10. The van der Waals surface area contributed by atoms with E-state index in [0.717, 1.165) is 16.8 Å². The van der Waals surface area contributed by atoms with Crippen LogP contribution in [0.5, 0.6) is 0 Å². The predicted octanol–water partition coefficient (Wildman–Crippen LogP) is 3.18. The lowest BCUT2D eigenvalue weighted by molar-refractivity contribution is -0.125. The van der Waals surface area contributed by atoms with Gasteiger partial charge < -0.3 is 4.90 Å². The largest absolute Gasteiger partial charge is 0.348 e. The van der Waals surface area contributed by atoms with Gasteiger partial charge >= 0.3 is 0 Å². The molecule has 0 saturated heterocycles. The van der Waals surface area contributed by atoms with Gasteiger partial charge in [-0.3, -0.25) is 14.2 Å². The molecule has 0 saturated carbocycles. The van der Waals surface area contributed by atoms with Crippen molar-refractivity contribution in [1.82, 2.24) is 14.5 Å². The number of carbonyl (C=O) groups is 1. The van der Waals surface area contributed by atoms with Crippen molar-refractivity contribution in [3.8, 4) is 5.69 Å². The van der Waals surface area contributed by atoms with E-state index in [0.29, 0.717) is 16.1 Å². The number of rotatable bonds is 4. The topological polar surface area (TPSA) is 55.2 Å². The maximum absolute atomic E-state index is 13.2. The lowest BCUT2D eigenvalue weighted by atomic mass is 10.1. The van der Waals surface area contributed by atoms with Crippen LogP contribution in [0.15, 0.2) is 52.4 Å². The molecule has 1 aromatic heterocycles. The van der Waals surface area contributed by atoms with Gasteiger partial charge in [-0.1, -0.05) is 36.0 Å². The maximum atomic E-state index is 13.2. The summed E-state index contributed by atoms with van der Waals surface area (Å²) in [7, 11) is 3.43. The molecule has 0 bridgehead atoms. The smallest absolute Gasteiger partial charge is 0.266 e. The number of thioether (sulfide) groups is 1. The van der Waals surface area contributed by atoms with Crippen molar-refractivity contribution in [3.05, 3.63) is 63.9 Å². The molecule has 0 unspecified atom stereocenters. The van der Waals surface area contributed by atoms with Gasteiger partial charge in [-0.15, -0.1) is 0 Å². The first-order valence-corrected chi connectivity index (χ1v) is 9.29. The number of aromatic nitrogens is 2. The molecule has 26 heavy (non-hydrogen) atoms. The van der Waals surface area contributed by atoms with Crippen molar-refractivity contribution in [3.63, 3.8) is 0 Å². The van der Waals surface area contributed by atoms with E-state index in [1.165, 1.54) is 16.7 Å². The molecule has 3 rings (SSSR count). The molecule has 6 heteroatoms. The average Bonchev–Trinajstić information content (AvgIpc) is 2.62. The monoisotopic (exact) mass is 367 g/mol. The number of hydrogen-bond acceptors (Lipinski definition) is 4. The van der Waals surface area contributed by atoms with Gasteiger partial charge in [-0.25, -0.2) is 4.98 Å². The van der Waals surface area contributed by atoms with Gasteiger partial charge in [0.05, 0.1) is 22.3 Å². The standard InChI is InChI=1S/C20H21N3O2S/c1-13-9-10-14(2)17(11-13)23-19(25)15-7-5-6-8-16(15)21-20(23)26-12-18(24)22(3)4/h5-11H,12H2,1-4H3. The summed E-state index contributed by atoms with van der Waals surface area (Å²) in [6, 6.07) is 13.3. The number of nitrogens with zero attached hydrogens (tertiary/aromatic N) is 3. The molecule has 134 valence electrons. The van der Waals surface area contributed by atoms with Crippen LogP contribution < -0.4 is 5.56 Å². The highest BCUT2D eigenvalue weighted by Crippen LogP contribution is 2.24. The van der Waals surface area contributed by atoms with Crippen LogP contribution in [-0.4, -0.2) is 40.2 Å². The molecule has 1 amide bonds. The summed E-state index contributed by atoms with van der Waals surface area (Å²) in [5, 5.41) is 1.09. The Kier molecular flexibility index (Phi) is 5.13. The first-order chi connectivity index (χ1) is 12.4. The van der Waals surface area contributed by atoms with Crippen molar-refractivity contribution in [2.45, 2.75) is 19.0 Å². The number of fused-ring (bicyclic) bond motifs is 1. The van der Waals surface area contributed by atoms with Crippen molar-refractivity contribution in [2.24, 2.45) is 0 Å². The van der Waals surface area contributed by atoms with E-state index in [-0.39, 0.29) is 17.2 Å². The SMILES string of the molecule is Cc1ccc(C)c(-n2c(SCC(=O)N(C)C)nc3ccccc3c2=O)c1. The lowest BCUT2D eigenvalue weighted by Gasteiger charge is -2.16. The fourth-order valence-corrected chi connectivity index (χ4v) is 3.62. The summed E-state index contributed by atoms with van der Waals surface area (Å²) in [5.41, 5.74) is 3.36. The Labute approximate surface area is 156 Å². The Balaban J connectivity index is 2.22. The normalized spacial score (nSPS) is 10.9. The highest BCUT2D eigenvalue weighted by molar-refractivity contribution is 7.99. The Hall–Kier alpha value is -2.60. The molecule has 0 radical (unpaired) electrons. The fourth-order valence-electron chi connectivity index (χ4n) is 2.64. The Morgan fingerprint density at radius 1 is 1.15 bits per heavy atom. The summed E-state index contributed by atoms with van der Waals surface area (Å²) in [5.74, 6) is 0.202. The highest BCUT2D eigenvalue weighted by Gasteiger charge is 2.16. The van der Waals surface area contributed by atoms with Crippen molar-refractivity contribution >= 4 is 28.6 Å². The molecule has 5 nitrogen and oxygen atoms in total. The zero-order valence-electron chi connectivity index (χ0n) is 15.3. The summed E-state index contributed by atoms with van der Waals surface area (Å²) in [4.78, 5) is 31.4. The summed E-state index contributed by atoms with van der Waals surface area (Å²) in [6.45, 7) is 3.96. The molecular weight excluding hydrogens is 346 g/mol. The summed E-state index contributed by atoms with van der Waals surface area (Å²) >= 11 is 1.28. The molecule has 3 aromatic rings. The number of aryl methyl sites for hydroxylation is 2. The van der Waals surface area contributed by atoms with Crippen molar-refractivity contribution < 1.29 is 4.79 Å². The summed E-state index contributed by atoms with van der Waals surface area (Å²) in [6.07, 6.45) is 0. The predicted molar refractivity (Wildman–Crippen MR) is 106 cm³/mol. The van der Waals surface area contributed by atoms with Gasteiger partial charge in [-0.05, 0) is 43.2 Å². The Morgan fingerprint density at radius 2 is 1.88 bits per heavy atom. The quantitative estimate of drug-likeness (QED) is 0.525. The van der Waals surface area contributed by atoms with Crippen molar-refractivity contribution in [2.75, 3.05) is 19.8 Å². The van der Waals surface area contributed by atoms with E-state index in [2.05, 4.69) is 4.98 Å².